The highest BCUT2D eigenvalue weighted by Gasteiger charge is 2.22. The Morgan fingerprint density at radius 3 is 2.68 bits per heavy atom. The zero-order valence-electron chi connectivity index (χ0n) is 14.4. The maximum Gasteiger partial charge on any atom is 0.332 e. The van der Waals surface area contributed by atoms with Crippen molar-refractivity contribution in [3.8, 4) is 0 Å². The van der Waals surface area contributed by atoms with Gasteiger partial charge in [-0.2, -0.15) is 8.42 Å². The lowest BCUT2D eigenvalue weighted by molar-refractivity contribution is 0.192. The minimum Gasteiger partial charge on any atom is -0.324 e. The van der Waals surface area contributed by atoms with Gasteiger partial charge in [-0.1, -0.05) is 31.7 Å². The van der Waals surface area contributed by atoms with E-state index in [-0.39, 0.29) is 0 Å². The number of piperidine rings is 1. The number of aliphatic imine (C=N–C) groups is 1. The van der Waals surface area contributed by atoms with Gasteiger partial charge in [0.1, 0.15) is 0 Å². The van der Waals surface area contributed by atoms with Gasteiger partial charge in [0.25, 0.3) is 0 Å². The van der Waals surface area contributed by atoms with Crippen molar-refractivity contribution >= 4 is 39.9 Å². The smallest absolute Gasteiger partial charge is 0.324 e. The molecule has 7 nitrogen and oxygen atoms in total. The Kier molecular flexibility index (Phi) is 6.58. The lowest BCUT2D eigenvalue weighted by atomic mass is 10.1. The van der Waals surface area contributed by atoms with Crippen molar-refractivity contribution in [1.29, 1.82) is 0 Å². The number of nitrogens with zero attached hydrogens (tertiary/aromatic N) is 2. The van der Waals surface area contributed by atoms with Gasteiger partial charge < -0.3 is 4.90 Å². The van der Waals surface area contributed by atoms with Crippen LogP contribution in [0.2, 0.25) is 0 Å². The van der Waals surface area contributed by atoms with Crippen LogP contribution in [0.3, 0.4) is 0 Å². The molecule has 8 heteroatoms. The molecule has 0 radical (unpaired) electrons. The fourth-order valence-corrected chi connectivity index (χ4v) is 3.45. The number of likely N-dealkylation sites (tertiary alicyclic amines) is 1. The molecule has 1 heterocycles. The summed E-state index contributed by atoms with van der Waals surface area (Å²) in [4.78, 5) is 17.9. The molecule has 136 valence electrons. The molecule has 1 fully saturated rings. The summed E-state index contributed by atoms with van der Waals surface area (Å²) in [6.45, 7) is 6.79. The molecule has 1 aliphatic rings. The van der Waals surface area contributed by atoms with Crippen LogP contribution in [0.15, 0.2) is 29.8 Å². The normalized spacial score (nSPS) is 15.2. The SMILES string of the molecule is C=Cc1cccc(NS(=O)(=O)NC(=O)N2CCCCC2)c1N=CCC. The third kappa shape index (κ3) is 5.32. The molecule has 25 heavy (non-hydrogen) atoms. The highest BCUT2D eigenvalue weighted by molar-refractivity contribution is 7.91. The summed E-state index contributed by atoms with van der Waals surface area (Å²) in [5.41, 5.74) is 1.46. The van der Waals surface area contributed by atoms with E-state index in [9.17, 15) is 13.2 Å². The Bertz CT molecular complexity index is 753. The Labute approximate surface area is 149 Å². The highest BCUT2D eigenvalue weighted by atomic mass is 32.2. The number of benzene rings is 1. The van der Waals surface area contributed by atoms with E-state index in [4.69, 9.17) is 0 Å². The Hall–Kier alpha value is -2.35. The number of anilines is 1. The summed E-state index contributed by atoms with van der Waals surface area (Å²) in [6.07, 6.45) is 6.83. The van der Waals surface area contributed by atoms with E-state index >= 15 is 0 Å². The first-order valence-electron chi connectivity index (χ1n) is 8.34. The van der Waals surface area contributed by atoms with E-state index in [1.807, 2.05) is 6.92 Å². The van der Waals surface area contributed by atoms with Crippen molar-refractivity contribution in [3.05, 3.63) is 30.3 Å². The molecule has 0 bridgehead atoms. The molecule has 0 aromatic heterocycles. The number of urea groups is 1. The molecule has 0 aliphatic carbocycles. The summed E-state index contributed by atoms with van der Waals surface area (Å²) in [6, 6.07) is 4.48. The number of hydrogen-bond acceptors (Lipinski definition) is 4. The van der Waals surface area contributed by atoms with Crippen LogP contribution in [-0.4, -0.2) is 38.7 Å². The lowest BCUT2D eigenvalue weighted by Gasteiger charge is -2.26. The van der Waals surface area contributed by atoms with Gasteiger partial charge >= 0.3 is 16.2 Å². The van der Waals surface area contributed by atoms with E-state index < -0.39 is 16.2 Å². The summed E-state index contributed by atoms with van der Waals surface area (Å²) in [7, 11) is -4.06. The second kappa shape index (κ2) is 8.66. The molecule has 1 aromatic carbocycles. The van der Waals surface area contributed by atoms with E-state index in [0.29, 0.717) is 36.4 Å². The van der Waals surface area contributed by atoms with Crippen LogP contribution < -0.4 is 9.44 Å². The molecule has 0 spiro atoms. The zero-order chi connectivity index (χ0) is 18.3. The van der Waals surface area contributed by atoms with Crippen molar-refractivity contribution in [2.24, 2.45) is 4.99 Å². The van der Waals surface area contributed by atoms with Crippen LogP contribution in [0, 0.1) is 0 Å². The fourth-order valence-electron chi connectivity index (χ4n) is 2.58. The number of hydrogen-bond donors (Lipinski definition) is 2. The monoisotopic (exact) mass is 364 g/mol. The predicted octanol–water partition coefficient (Wildman–Crippen LogP) is 3.29. The quantitative estimate of drug-likeness (QED) is 0.759. The number of rotatable bonds is 6. The first-order valence-corrected chi connectivity index (χ1v) is 9.82. The van der Waals surface area contributed by atoms with Crippen LogP contribution in [0.5, 0.6) is 0 Å². The third-order valence-electron chi connectivity index (χ3n) is 3.80. The minimum absolute atomic E-state index is 0.293. The molecule has 2 rings (SSSR count). The molecule has 0 unspecified atom stereocenters. The van der Waals surface area contributed by atoms with Crippen molar-refractivity contribution in [3.63, 3.8) is 0 Å². The van der Waals surface area contributed by atoms with Gasteiger partial charge in [0.05, 0.1) is 11.4 Å². The molecule has 1 aliphatic heterocycles. The minimum atomic E-state index is -4.06. The lowest BCUT2D eigenvalue weighted by Crippen LogP contribution is -2.46. The van der Waals surface area contributed by atoms with Crippen molar-refractivity contribution in [2.75, 3.05) is 17.8 Å². The zero-order valence-corrected chi connectivity index (χ0v) is 15.2. The molecule has 0 saturated carbocycles. The molecule has 1 aromatic rings. The number of nitrogens with one attached hydrogen (secondary N) is 2. The Morgan fingerprint density at radius 2 is 2.04 bits per heavy atom. The molecular formula is C17H24N4O3S. The van der Waals surface area contributed by atoms with Gasteiger partial charge in [0.15, 0.2) is 0 Å². The largest absolute Gasteiger partial charge is 0.332 e. The summed E-state index contributed by atoms with van der Waals surface area (Å²) in [5.74, 6) is 0. The van der Waals surface area contributed by atoms with Gasteiger partial charge in [-0.05, 0) is 31.7 Å². The molecule has 2 amide bonds. The first kappa shape index (κ1) is 19.0. The van der Waals surface area contributed by atoms with Crippen molar-refractivity contribution < 1.29 is 13.2 Å². The number of para-hydroxylation sites is 1. The maximum atomic E-state index is 12.3. The van der Waals surface area contributed by atoms with Gasteiger partial charge in [-0.25, -0.2) is 9.52 Å². The second-order valence-electron chi connectivity index (χ2n) is 5.73. The maximum absolute atomic E-state index is 12.3. The van der Waals surface area contributed by atoms with Gasteiger partial charge in [0.2, 0.25) is 0 Å². The molecule has 2 N–H and O–H groups in total. The van der Waals surface area contributed by atoms with E-state index in [2.05, 4.69) is 21.0 Å². The summed E-state index contributed by atoms with van der Waals surface area (Å²) >= 11 is 0. The predicted molar refractivity (Wildman–Crippen MR) is 101 cm³/mol. The number of amides is 2. The highest BCUT2D eigenvalue weighted by Crippen LogP contribution is 2.30. The second-order valence-corrected chi connectivity index (χ2v) is 7.14. The van der Waals surface area contributed by atoms with Crippen molar-refractivity contribution in [1.82, 2.24) is 9.62 Å². The van der Waals surface area contributed by atoms with Gasteiger partial charge in [-0.15, -0.1) is 0 Å². The summed E-state index contributed by atoms with van der Waals surface area (Å²) < 4.78 is 29.1. The fraction of sp³-hybridized carbons (Fsp3) is 0.412. The average molecular weight is 364 g/mol. The van der Waals surface area contributed by atoms with Crippen molar-refractivity contribution in [2.45, 2.75) is 32.6 Å². The first-order chi connectivity index (χ1) is 12.0. The Balaban J connectivity index is 2.18. The average Bonchev–Trinajstić information content (AvgIpc) is 2.60. The van der Waals surface area contributed by atoms with E-state index in [1.165, 1.54) is 4.90 Å². The van der Waals surface area contributed by atoms with Crippen LogP contribution >= 0.6 is 0 Å². The number of carbonyl (C=O) groups excluding carboxylic acids is 1. The van der Waals surface area contributed by atoms with E-state index in [1.54, 1.807) is 30.5 Å². The third-order valence-corrected chi connectivity index (χ3v) is 4.73. The van der Waals surface area contributed by atoms with Crippen LogP contribution in [0.25, 0.3) is 6.08 Å². The van der Waals surface area contributed by atoms with Crippen LogP contribution in [0.4, 0.5) is 16.2 Å². The molecule has 0 atom stereocenters. The van der Waals surface area contributed by atoms with Crippen LogP contribution in [-0.2, 0) is 10.2 Å². The molecule has 1 saturated heterocycles. The van der Waals surface area contributed by atoms with Gasteiger partial charge in [0, 0.05) is 24.9 Å². The van der Waals surface area contributed by atoms with Gasteiger partial charge in [-0.3, -0.25) is 9.71 Å². The Morgan fingerprint density at radius 1 is 1.32 bits per heavy atom. The number of carbonyl (C=O) groups is 1. The van der Waals surface area contributed by atoms with E-state index in [0.717, 1.165) is 19.3 Å². The summed E-state index contributed by atoms with van der Waals surface area (Å²) in [5, 5.41) is 0. The standard InChI is InChI=1S/C17H24N4O3S/c1-3-11-18-16-14(4-2)9-8-10-15(16)19-25(23,24)20-17(22)21-12-6-5-7-13-21/h4,8-11,19H,2-3,5-7,12-13H2,1H3,(H,20,22). The molecular weight excluding hydrogens is 340 g/mol. The topological polar surface area (TPSA) is 90.9 Å². The van der Waals surface area contributed by atoms with Crippen LogP contribution in [0.1, 0.15) is 38.2 Å².